The van der Waals surface area contributed by atoms with Crippen molar-refractivity contribution in [2.24, 2.45) is 46.3 Å². The van der Waals surface area contributed by atoms with Crippen molar-refractivity contribution in [2.75, 3.05) is 13.2 Å². The number of ether oxygens (including phenoxy) is 10. The molecule has 9 aliphatic rings. The number of ketones is 1. The van der Waals surface area contributed by atoms with Gasteiger partial charge in [0.05, 0.1) is 49.3 Å². The molecule has 28 unspecified atom stereocenters. The Morgan fingerprint density at radius 1 is 0.655 bits per heavy atom. The summed E-state index contributed by atoms with van der Waals surface area (Å²) in [4.78, 5) is 13.5. The summed E-state index contributed by atoms with van der Waals surface area (Å²) in [7, 11) is -5.14. The molecule has 5 heterocycles. The molecule has 30 heteroatoms. The first-order valence-corrected chi connectivity index (χ1v) is 31.7. The van der Waals surface area contributed by atoms with Crippen LogP contribution in [0.1, 0.15) is 114 Å². The number of rotatable bonds is 18. The summed E-state index contributed by atoms with van der Waals surface area (Å²) in [6.07, 6.45) is -37.9. The van der Waals surface area contributed by atoms with E-state index < -0.39 is 206 Å². The van der Waals surface area contributed by atoms with Crippen molar-refractivity contribution in [1.29, 1.82) is 0 Å². The molecule has 5 saturated heterocycles. The molecule has 496 valence electrons. The van der Waals surface area contributed by atoms with Crippen LogP contribution < -0.4 is 29.6 Å². The Bertz CT molecular complexity index is 2460. The van der Waals surface area contributed by atoms with Gasteiger partial charge in [0, 0.05) is 12.3 Å². The van der Waals surface area contributed by atoms with Gasteiger partial charge in [-0.25, -0.2) is 8.42 Å². The molecule has 0 aromatic carbocycles. The molecule has 0 bridgehead atoms. The fraction of sp³-hybridized carbons (Fsp3) is 0.947. The molecule has 8 fully saturated rings. The number of carbonyl (C=O) groups excluding carboxylic acids is 1. The smallest absolute Gasteiger partial charge is 0.726 e. The van der Waals surface area contributed by atoms with E-state index in [1.54, 1.807) is 6.92 Å². The summed E-state index contributed by atoms with van der Waals surface area (Å²) in [5.74, 6) is -1.17. The van der Waals surface area contributed by atoms with Crippen LogP contribution in [-0.2, 0) is 66.7 Å². The molecule has 0 radical (unpaired) electrons. The zero-order valence-electron chi connectivity index (χ0n) is 51.0. The maximum absolute atomic E-state index is 13.5. The van der Waals surface area contributed by atoms with E-state index in [0.717, 1.165) is 5.57 Å². The SMILES string of the molecule is CC(C)C(C)C(=O)C[C@](C)(O)C1CCC2C3C[C@H](OC4OC(C)C(O)C(OC5OCC(OC6OC(CO)C(O)C(O)C6OC6OC(C)C(O)C(O)C6O)C(O)C5OC5OC(C)C(O)C(O)C5O)C4O)[C@H]4C[C@@H](OS(=O)(=O)[O-])CC[C@]4(C)C3=CC[C@@]21C.[Na+]. The Morgan fingerprint density at radius 3 is 1.76 bits per heavy atom. The predicted molar refractivity (Wildman–Crippen MR) is 288 cm³/mol. The van der Waals surface area contributed by atoms with Gasteiger partial charge in [-0.1, -0.05) is 46.3 Å². The average molecular weight is 1280 g/mol. The van der Waals surface area contributed by atoms with Crippen LogP contribution in [0.5, 0.6) is 0 Å². The van der Waals surface area contributed by atoms with Crippen LogP contribution in [0.3, 0.4) is 0 Å². The van der Waals surface area contributed by atoms with Crippen LogP contribution >= 0.6 is 0 Å². The summed E-state index contributed by atoms with van der Waals surface area (Å²) in [6, 6.07) is 0. The predicted octanol–water partition coefficient (Wildman–Crippen LogP) is -5.77. The molecule has 0 spiro atoms. The number of aliphatic hydroxyl groups is 13. The summed E-state index contributed by atoms with van der Waals surface area (Å²) in [5.41, 5.74) is -1.35. The second-order valence-electron chi connectivity index (χ2n) is 27.0. The third kappa shape index (κ3) is 14.3. The van der Waals surface area contributed by atoms with E-state index in [1.807, 2.05) is 20.8 Å². The Balaban J connectivity index is 0.00000982. The Morgan fingerprint density at radius 2 is 1.20 bits per heavy atom. The quantitative estimate of drug-likeness (QED) is 0.0263. The molecule has 28 nitrogen and oxygen atoms in total. The summed E-state index contributed by atoms with van der Waals surface area (Å²) >= 11 is 0. The average Bonchev–Trinajstić information content (AvgIpc) is 1.70. The molecule has 3 saturated carbocycles. The van der Waals surface area contributed by atoms with Crippen molar-refractivity contribution in [3.8, 4) is 0 Å². The van der Waals surface area contributed by atoms with Crippen LogP contribution in [0.15, 0.2) is 11.6 Å². The monoisotopic (exact) mass is 1280 g/mol. The minimum atomic E-state index is -5.14. The molecule has 0 aromatic rings. The Hall–Kier alpha value is -0.640. The first-order chi connectivity index (χ1) is 40.1. The third-order valence-electron chi connectivity index (χ3n) is 21.1. The number of allylic oxidation sites excluding steroid dienone is 2. The first-order valence-electron chi connectivity index (χ1n) is 30.3. The van der Waals surface area contributed by atoms with E-state index in [4.69, 9.17) is 51.6 Å². The largest absolute Gasteiger partial charge is 1.00 e. The van der Waals surface area contributed by atoms with Gasteiger partial charge in [0.25, 0.3) is 0 Å². The molecule has 0 amide bonds. The second kappa shape index (κ2) is 28.0. The molecule has 5 aliphatic heterocycles. The molecular formula is C57H93NaO28S. The van der Waals surface area contributed by atoms with Crippen molar-refractivity contribution in [1.82, 2.24) is 0 Å². The minimum Gasteiger partial charge on any atom is -0.726 e. The molecule has 13 N–H and O–H groups in total. The number of fused-ring (bicyclic) bond motifs is 5. The first kappa shape index (κ1) is 72.2. The normalized spacial score (nSPS) is 50.6. The topological polar surface area (TPSA) is 439 Å². The van der Waals surface area contributed by atoms with Gasteiger partial charge in [0.2, 0.25) is 10.4 Å². The van der Waals surface area contributed by atoms with Gasteiger partial charge in [-0.15, -0.1) is 0 Å². The fourth-order valence-corrected chi connectivity index (χ4v) is 16.2. The molecule has 87 heavy (non-hydrogen) atoms. The third-order valence-corrected chi connectivity index (χ3v) is 21.6. The van der Waals surface area contributed by atoms with Gasteiger partial charge < -0.3 is 118 Å². The van der Waals surface area contributed by atoms with Crippen molar-refractivity contribution in [3.63, 3.8) is 0 Å². The van der Waals surface area contributed by atoms with Crippen molar-refractivity contribution < 1.29 is 165 Å². The van der Waals surface area contributed by atoms with E-state index in [-0.39, 0.29) is 84.2 Å². The number of hydrogen-bond donors (Lipinski definition) is 13. The van der Waals surface area contributed by atoms with Crippen molar-refractivity contribution in [3.05, 3.63) is 11.6 Å². The summed E-state index contributed by atoms with van der Waals surface area (Å²) < 4.78 is 102. The minimum absolute atomic E-state index is 0. The number of Topliss-reactive ketones (excluding diaryl/α,β-unsaturated/α-hetero) is 1. The second-order valence-corrected chi connectivity index (χ2v) is 28.0. The summed E-state index contributed by atoms with van der Waals surface area (Å²) in [6.45, 7) is 14.4. The van der Waals surface area contributed by atoms with Gasteiger partial charge in [-0.05, 0) is 113 Å². The van der Waals surface area contributed by atoms with Crippen molar-refractivity contribution >= 4 is 16.2 Å². The zero-order valence-corrected chi connectivity index (χ0v) is 53.8. The van der Waals surface area contributed by atoms with Crippen molar-refractivity contribution in [2.45, 2.75) is 279 Å². The number of aliphatic hydroxyl groups excluding tert-OH is 12. The van der Waals surface area contributed by atoms with Crippen LogP contribution in [0.2, 0.25) is 0 Å². The van der Waals surface area contributed by atoms with Gasteiger partial charge in [-0.2, -0.15) is 0 Å². The van der Waals surface area contributed by atoms with E-state index in [9.17, 15) is 84.1 Å². The van der Waals surface area contributed by atoms with Crippen LogP contribution in [0.25, 0.3) is 0 Å². The van der Waals surface area contributed by atoms with E-state index in [0.29, 0.717) is 32.1 Å². The molecular weight excluding hydrogens is 1190 g/mol. The van der Waals surface area contributed by atoms with Crippen LogP contribution in [0, 0.1) is 46.3 Å². The standard InChI is InChI=1S/C57H94O28S.Na/c1-21(2)22(3)31(59)18-57(9,71)35-11-10-28-27-17-32(30-16-26(85-86(72,73)74)12-14-55(30,7)29(27)13-15-56(28,35)8)79-52-46(70)47(38(62)25(6)78-52)82-53-48(83-50-44(68)41(65)36(60)23(4)76-50)40(64)34(20-75-53)81-54-49(43(67)39(63)33(19-58)80-54)84-51-45(69)42(66)37(61)24(5)77-51;/h13,21-28,30,32-54,58,60-71H,10-12,14-20H2,1-9H3,(H,72,73,74);/q;+1/p-1/t22?,23?,24?,25?,26-,27?,28?,30+,32-,33?,34?,35?,36?,37?,38?,39?,40?,41?,42?,43?,44?,45?,46?,47?,48?,49?,50?,51?,52?,53?,54?,55+,56-,57-;/m0./s1. The Kier molecular flexibility index (Phi) is 23.2. The number of carbonyl (C=O) groups is 1. The fourth-order valence-electron chi connectivity index (χ4n) is 15.7. The molecule has 0 aromatic heterocycles. The number of hydrogen-bond acceptors (Lipinski definition) is 28. The van der Waals surface area contributed by atoms with Gasteiger partial charge in [-0.3, -0.25) is 8.98 Å². The molecule has 9 rings (SSSR count). The zero-order chi connectivity index (χ0) is 63.2. The van der Waals surface area contributed by atoms with Crippen LogP contribution in [0.4, 0.5) is 0 Å². The van der Waals surface area contributed by atoms with E-state index >= 15 is 0 Å². The van der Waals surface area contributed by atoms with E-state index in [2.05, 4.69) is 19.9 Å². The maximum atomic E-state index is 13.5. The van der Waals surface area contributed by atoms with Gasteiger partial charge >= 0.3 is 29.6 Å². The van der Waals surface area contributed by atoms with Gasteiger partial charge in [0.15, 0.2) is 31.5 Å². The molecule has 34 atom stereocenters. The van der Waals surface area contributed by atoms with Gasteiger partial charge in [0.1, 0.15) is 103 Å². The van der Waals surface area contributed by atoms with Crippen LogP contribution in [-0.4, -0.2) is 264 Å². The summed E-state index contributed by atoms with van der Waals surface area (Å²) in [5, 5.41) is 145. The molecule has 4 aliphatic carbocycles. The Labute approximate surface area is 528 Å². The van der Waals surface area contributed by atoms with E-state index in [1.165, 1.54) is 20.8 Å². The maximum Gasteiger partial charge on any atom is 1.00 e.